The monoisotopic (exact) mass is 232 g/mol. The topological polar surface area (TPSA) is 35.8 Å². The van der Waals surface area contributed by atoms with E-state index in [4.69, 9.17) is 5.11 Å². The van der Waals surface area contributed by atoms with Crippen LogP contribution in [-0.2, 0) is 0 Å². The van der Waals surface area contributed by atoms with Crippen molar-refractivity contribution in [2.45, 2.75) is 6.42 Å². The van der Waals surface area contributed by atoms with Crippen LogP contribution in [0.5, 0.6) is 0 Å². The fraction of sp³-hybridized carbons (Fsp3) is 0.545. The van der Waals surface area contributed by atoms with Crippen molar-refractivity contribution in [1.82, 2.24) is 4.90 Å². The van der Waals surface area contributed by atoms with Crippen LogP contribution in [0.25, 0.3) is 0 Å². The molecule has 0 spiro atoms. The first kappa shape index (κ1) is 15.7. The van der Waals surface area contributed by atoms with E-state index in [0.29, 0.717) is 0 Å². The van der Waals surface area contributed by atoms with Crippen LogP contribution in [0, 0.1) is 0 Å². The molecular formula is C11H17KN2O. The number of aliphatic imine (C=N–C) groups is 1. The Morgan fingerprint density at radius 2 is 2.40 bits per heavy atom. The van der Waals surface area contributed by atoms with Crippen molar-refractivity contribution in [1.29, 1.82) is 0 Å². The Labute approximate surface area is 134 Å². The summed E-state index contributed by atoms with van der Waals surface area (Å²) >= 11 is 0. The summed E-state index contributed by atoms with van der Waals surface area (Å²) in [5, 5.41) is 8.83. The van der Waals surface area contributed by atoms with Gasteiger partial charge >= 0.3 is 51.4 Å². The second-order valence-electron chi connectivity index (χ2n) is 3.38. The van der Waals surface area contributed by atoms with E-state index < -0.39 is 0 Å². The maximum Gasteiger partial charge on any atom is 1.00 e. The molecule has 0 bridgehead atoms. The summed E-state index contributed by atoms with van der Waals surface area (Å²) < 4.78 is 0. The van der Waals surface area contributed by atoms with Gasteiger partial charge in [0.2, 0.25) is 0 Å². The molecule has 1 aliphatic rings. The average Bonchev–Trinajstić information content (AvgIpc) is 2.19. The number of hydrogen-bond acceptors (Lipinski definition) is 3. The van der Waals surface area contributed by atoms with Crippen LogP contribution in [-0.4, -0.2) is 49.5 Å². The maximum absolute atomic E-state index is 8.83. The van der Waals surface area contributed by atoms with E-state index in [9.17, 15) is 0 Å². The molecule has 0 radical (unpaired) electrons. The fourth-order valence-corrected chi connectivity index (χ4v) is 1.51. The molecule has 78 valence electrons. The predicted molar refractivity (Wildman–Crippen MR) is 58.7 cm³/mol. The van der Waals surface area contributed by atoms with Gasteiger partial charge in [-0.1, -0.05) is 0 Å². The van der Waals surface area contributed by atoms with Crippen LogP contribution in [0.3, 0.4) is 0 Å². The number of aliphatic hydroxyl groups excluding tert-OH is 1. The molecule has 3 nitrogen and oxygen atoms in total. The molecular weight excluding hydrogens is 215 g/mol. The summed E-state index contributed by atoms with van der Waals surface area (Å²) in [6.07, 6.45) is 5.67. The number of aliphatic hydroxyl groups is 1. The van der Waals surface area contributed by atoms with Crippen molar-refractivity contribution in [2.75, 3.05) is 33.3 Å². The minimum Gasteiger partial charge on any atom is -0.399 e. The van der Waals surface area contributed by atoms with Crippen LogP contribution in [0.1, 0.15) is 6.42 Å². The zero-order chi connectivity index (χ0) is 10.4. The van der Waals surface area contributed by atoms with E-state index in [2.05, 4.69) is 22.7 Å². The minimum absolute atomic E-state index is 0. The first-order chi connectivity index (χ1) is 6.77. The van der Waals surface area contributed by atoms with E-state index >= 15 is 0 Å². The zero-order valence-electron chi connectivity index (χ0n) is 9.66. The molecule has 0 aromatic carbocycles. The Hall–Kier alpha value is 0.706. The summed E-state index contributed by atoms with van der Waals surface area (Å²) in [6.45, 7) is 6.78. The molecule has 4 heteroatoms. The van der Waals surface area contributed by atoms with Gasteiger partial charge in [-0.2, -0.15) is 11.8 Å². The van der Waals surface area contributed by atoms with Crippen molar-refractivity contribution < 1.29 is 56.5 Å². The van der Waals surface area contributed by atoms with Crippen LogP contribution < -0.4 is 51.4 Å². The second-order valence-corrected chi connectivity index (χ2v) is 3.38. The Kier molecular flexibility index (Phi) is 9.23. The molecule has 0 saturated carbocycles. The largest absolute Gasteiger partial charge is 1.00 e. The van der Waals surface area contributed by atoms with Gasteiger partial charge in [0.1, 0.15) is 0 Å². The number of hydrogen-bond donors (Lipinski definition) is 1. The van der Waals surface area contributed by atoms with Crippen molar-refractivity contribution in [3.8, 4) is 0 Å². The number of likely N-dealkylation sites (tertiary alicyclic amines) is 1. The van der Waals surface area contributed by atoms with E-state index in [0.717, 1.165) is 31.6 Å². The van der Waals surface area contributed by atoms with Crippen molar-refractivity contribution in [3.05, 3.63) is 23.8 Å². The van der Waals surface area contributed by atoms with E-state index in [1.54, 1.807) is 7.05 Å². The van der Waals surface area contributed by atoms with Gasteiger partial charge < -0.3 is 15.0 Å². The Bertz CT molecular complexity index is 261. The minimum atomic E-state index is 0. The zero-order valence-corrected chi connectivity index (χ0v) is 12.8. The SMILES string of the molecule is C=C1CCN(CCO)C/C1=C/[C-]=NC.[K+]. The first-order valence-corrected chi connectivity index (χ1v) is 4.82. The van der Waals surface area contributed by atoms with Gasteiger partial charge in [0, 0.05) is 13.6 Å². The number of rotatable bonds is 3. The molecule has 1 saturated heterocycles. The molecule has 0 amide bonds. The van der Waals surface area contributed by atoms with Gasteiger partial charge in [-0.3, -0.25) is 0 Å². The first-order valence-electron chi connectivity index (χ1n) is 4.82. The van der Waals surface area contributed by atoms with E-state index in [1.807, 2.05) is 6.08 Å². The normalized spacial score (nSPS) is 20.9. The summed E-state index contributed by atoms with van der Waals surface area (Å²) in [5.74, 6) is 0. The third-order valence-electron chi connectivity index (χ3n) is 2.36. The molecule has 0 unspecified atom stereocenters. The number of β-amino-alcohol motifs (C(OH)–C–C–N with tert-alkyl or cyclic N) is 1. The quantitative estimate of drug-likeness (QED) is 0.339. The Morgan fingerprint density at radius 1 is 1.67 bits per heavy atom. The van der Waals surface area contributed by atoms with Gasteiger partial charge in [0.25, 0.3) is 0 Å². The van der Waals surface area contributed by atoms with Gasteiger partial charge in [0.05, 0.1) is 6.61 Å². The van der Waals surface area contributed by atoms with Gasteiger partial charge in [-0.05, 0) is 19.5 Å². The van der Waals surface area contributed by atoms with Crippen molar-refractivity contribution >= 4 is 6.21 Å². The molecule has 0 aromatic rings. The van der Waals surface area contributed by atoms with E-state index in [-0.39, 0.29) is 58.0 Å². The maximum atomic E-state index is 8.83. The molecule has 1 N–H and O–H groups in total. The standard InChI is InChI=1S/C11H17N2O.K/c1-10-4-6-13(7-8-14)9-11(10)3-5-12-2;/h3,14H,1,4,6-9H2,2H3;/q-1;+1/b11-3-;. The summed E-state index contributed by atoms with van der Waals surface area (Å²) in [4.78, 5) is 6.01. The third-order valence-corrected chi connectivity index (χ3v) is 2.36. The summed E-state index contributed by atoms with van der Waals surface area (Å²) in [6, 6.07) is 0. The van der Waals surface area contributed by atoms with Crippen LogP contribution in [0.4, 0.5) is 0 Å². The molecule has 1 rings (SSSR count). The molecule has 15 heavy (non-hydrogen) atoms. The molecule has 1 fully saturated rings. The smallest absolute Gasteiger partial charge is 0.399 e. The van der Waals surface area contributed by atoms with Crippen LogP contribution >= 0.6 is 0 Å². The van der Waals surface area contributed by atoms with Crippen molar-refractivity contribution in [3.63, 3.8) is 0 Å². The van der Waals surface area contributed by atoms with Gasteiger partial charge in [-0.15, -0.1) is 12.2 Å². The van der Waals surface area contributed by atoms with E-state index in [1.165, 1.54) is 5.57 Å². The van der Waals surface area contributed by atoms with Crippen molar-refractivity contribution in [2.24, 2.45) is 4.99 Å². The Balaban J connectivity index is 0.00000196. The predicted octanol–water partition coefficient (Wildman–Crippen LogP) is -2.25. The molecule has 0 aliphatic carbocycles. The fourth-order valence-electron chi connectivity index (χ4n) is 1.51. The molecule has 1 heterocycles. The molecule has 0 aromatic heterocycles. The second kappa shape index (κ2) is 8.81. The average molecular weight is 232 g/mol. The third kappa shape index (κ3) is 5.54. The number of allylic oxidation sites excluding steroid dienone is 1. The van der Waals surface area contributed by atoms with Gasteiger partial charge in [-0.25, -0.2) is 6.08 Å². The Morgan fingerprint density at radius 3 is 3.00 bits per heavy atom. The van der Waals surface area contributed by atoms with Crippen LogP contribution in [0.15, 0.2) is 28.8 Å². The van der Waals surface area contributed by atoms with Crippen LogP contribution in [0.2, 0.25) is 0 Å². The summed E-state index contributed by atoms with van der Waals surface area (Å²) in [5.41, 5.74) is 2.34. The molecule has 1 aliphatic heterocycles. The molecule has 0 atom stereocenters. The number of nitrogens with zero attached hydrogens (tertiary/aromatic N) is 2. The number of piperidine rings is 1. The summed E-state index contributed by atoms with van der Waals surface area (Å²) in [7, 11) is 1.70. The van der Waals surface area contributed by atoms with Gasteiger partial charge in [0.15, 0.2) is 0 Å².